The fourth-order valence-corrected chi connectivity index (χ4v) is 7.26. The molecule has 8 atom stereocenters. The van der Waals surface area contributed by atoms with E-state index in [1.807, 2.05) is 6.92 Å². The van der Waals surface area contributed by atoms with Crippen molar-refractivity contribution in [2.75, 3.05) is 6.61 Å². The van der Waals surface area contributed by atoms with E-state index in [-0.39, 0.29) is 12.2 Å². The summed E-state index contributed by atoms with van der Waals surface area (Å²) in [6, 6.07) is 0. The maximum atomic E-state index is 9.22. The molecule has 0 spiro atoms. The van der Waals surface area contributed by atoms with Crippen LogP contribution in [0, 0.1) is 35.0 Å². The van der Waals surface area contributed by atoms with Crippen LogP contribution in [-0.2, 0) is 4.74 Å². The Labute approximate surface area is 166 Å². The molecule has 0 aromatic carbocycles. The summed E-state index contributed by atoms with van der Waals surface area (Å²) >= 11 is 0. The molecule has 1 N–H and O–H groups in total. The smallest absolute Gasteiger partial charge is 0.0954 e. The van der Waals surface area contributed by atoms with E-state index in [0.29, 0.717) is 17.4 Å². The summed E-state index contributed by atoms with van der Waals surface area (Å²) in [4.78, 5) is 0. The van der Waals surface area contributed by atoms with Crippen molar-refractivity contribution in [3.05, 3.63) is 23.8 Å². The van der Waals surface area contributed by atoms with Crippen LogP contribution in [-0.4, -0.2) is 23.4 Å². The van der Waals surface area contributed by atoms with Gasteiger partial charge in [-0.3, -0.25) is 0 Å². The first kappa shape index (κ1) is 19.7. The van der Waals surface area contributed by atoms with Crippen LogP contribution in [0.15, 0.2) is 23.8 Å². The minimum absolute atomic E-state index is 0.142. The summed E-state index contributed by atoms with van der Waals surface area (Å²) < 4.78 is 6.42. The number of fused-ring (bicyclic) bond motifs is 4. The van der Waals surface area contributed by atoms with Crippen LogP contribution < -0.4 is 0 Å². The molecule has 4 fully saturated rings. The van der Waals surface area contributed by atoms with Gasteiger partial charge >= 0.3 is 0 Å². The molecule has 1 aliphatic heterocycles. The molecular formula is C25H40O2. The predicted octanol–water partition coefficient (Wildman–Crippen LogP) is 5.91. The largest absolute Gasteiger partial charge is 0.392 e. The van der Waals surface area contributed by atoms with Gasteiger partial charge in [0, 0.05) is 0 Å². The van der Waals surface area contributed by atoms with Gasteiger partial charge in [-0.15, -0.1) is 0 Å². The van der Waals surface area contributed by atoms with Crippen LogP contribution in [0.2, 0.25) is 0 Å². The first-order chi connectivity index (χ1) is 12.8. The number of hydrogen-bond donors (Lipinski definition) is 1. The van der Waals surface area contributed by atoms with Gasteiger partial charge in [0.05, 0.1) is 18.3 Å². The van der Waals surface area contributed by atoms with Gasteiger partial charge in [-0.05, 0) is 100 Å². The highest BCUT2D eigenvalue weighted by Gasteiger charge is 2.65. The highest BCUT2D eigenvalue weighted by Crippen LogP contribution is 2.65. The van der Waals surface area contributed by atoms with Crippen molar-refractivity contribution in [3.63, 3.8) is 0 Å². The van der Waals surface area contributed by atoms with E-state index in [4.69, 9.17) is 4.74 Å². The summed E-state index contributed by atoms with van der Waals surface area (Å²) in [6.45, 7) is 14.2. The monoisotopic (exact) mass is 372 g/mol. The van der Waals surface area contributed by atoms with E-state index >= 15 is 0 Å². The lowest BCUT2D eigenvalue weighted by Gasteiger charge is -2.42. The maximum Gasteiger partial charge on any atom is 0.0954 e. The third kappa shape index (κ3) is 3.35. The Morgan fingerprint density at radius 1 is 1.33 bits per heavy atom. The van der Waals surface area contributed by atoms with Gasteiger partial charge in [-0.1, -0.05) is 37.6 Å². The normalized spacial score (nSPS) is 47.7. The molecule has 3 saturated carbocycles. The van der Waals surface area contributed by atoms with Crippen molar-refractivity contribution in [2.24, 2.45) is 35.0 Å². The van der Waals surface area contributed by atoms with Gasteiger partial charge in [0.2, 0.25) is 0 Å². The quantitative estimate of drug-likeness (QED) is 0.481. The molecule has 2 nitrogen and oxygen atoms in total. The van der Waals surface area contributed by atoms with Crippen LogP contribution in [0.25, 0.3) is 0 Å². The fraction of sp³-hybridized carbons (Fsp3) is 0.840. The Hall–Kier alpha value is -0.600. The van der Waals surface area contributed by atoms with Gasteiger partial charge in [-0.25, -0.2) is 0 Å². The molecular weight excluding hydrogens is 332 g/mol. The minimum Gasteiger partial charge on any atom is -0.392 e. The number of rotatable bonds is 5. The van der Waals surface area contributed by atoms with Gasteiger partial charge in [0.25, 0.3) is 0 Å². The molecule has 0 aromatic rings. The molecule has 3 aliphatic carbocycles. The molecule has 0 unspecified atom stereocenters. The van der Waals surface area contributed by atoms with Gasteiger partial charge in [0.15, 0.2) is 0 Å². The van der Waals surface area contributed by atoms with Gasteiger partial charge < -0.3 is 9.84 Å². The molecule has 0 amide bonds. The highest BCUT2D eigenvalue weighted by atomic mass is 16.6. The summed E-state index contributed by atoms with van der Waals surface area (Å²) in [5.41, 5.74) is 3.23. The van der Waals surface area contributed by atoms with Crippen molar-refractivity contribution in [1.82, 2.24) is 0 Å². The lowest BCUT2D eigenvalue weighted by Crippen LogP contribution is -2.39. The van der Waals surface area contributed by atoms with Crippen molar-refractivity contribution in [3.8, 4) is 0 Å². The second kappa shape index (κ2) is 7.02. The van der Waals surface area contributed by atoms with Crippen molar-refractivity contribution in [1.29, 1.82) is 0 Å². The van der Waals surface area contributed by atoms with Crippen molar-refractivity contribution >= 4 is 0 Å². The van der Waals surface area contributed by atoms with E-state index in [1.165, 1.54) is 50.5 Å². The topological polar surface area (TPSA) is 32.8 Å². The maximum absolute atomic E-state index is 9.22. The number of aliphatic hydroxyl groups is 1. The van der Waals surface area contributed by atoms with Crippen LogP contribution in [0.1, 0.15) is 79.1 Å². The number of hydrogen-bond acceptors (Lipinski definition) is 2. The van der Waals surface area contributed by atoms with E-state index in [9.17, 15) is 5.11 Å². The van der Waals surface area contributed by atoms with E-state index in [2.05, 4.69) is 33.4 Å². The zero-order valence-electron chi connectivity index (χ0n) is 18.0. The SMILES string of the molecule is C=C1CC[C@@H]2[C@@H]1C[C@]1(C)CC[C@H]([C@@H](C)CC/C=C(\C)CO)[C@H]1C[C@H]1O[C@@]21C. The Balaban J connectivity index is 1.50. The molecule has 4 rings (SSSR count). The lowest BCUT2D eigenvalue weighted by atomic mass is 9.62. The molecule has 1 heterocycles. The zero-order chi connectivity index (χ0) is 19.4. The standard InChI is InChI=1S/C25H40O2/c1-16(15-26)7-6-8-17(2)19-11-12-24(4)14-20-18(3)9-10-21(20)25(5)23(27-25)13-22(19)24/h7,17,19-23,26H,3,6,8-15H2,1-2,4-5H3/b16-7+/t17-,19+,20+,21+,22+,23+,24-,25-/m0/s1. The van der Waals surface area contributed by atoms with Gasteiger partial charge in [0.1, 0.15) is 0 Å². The van der Waals surface area contributed by atoms with Gasteiger partial charge in [-0.2, -0.15) is 0 Å². The Morgan fingerprint density at radius 3 is 2.85 bits per heavy atom. The van der Waals surface area contributed by atoms with Crippen LogP contribution in [0.4, 0.5) is 0 Å². The summed E-state index contributed by atoms with van der Waals surface area (Å²) in [5.74, 6) is 3.80. The average Bonchev–Trinajstić information content (AvgIpc) is 2.95. The molecule has 1 saturated heterocycles. The molecule has 152 valence electrons. The first-order valence-electron chi connectivity index (χ1n) is 11.4. The third-order valence-electron chi connectivity index (χ3n) is 9.21. The Kier molecular flexibility index (Phi) is 5.13. The number of aliphatic hydroxyl groups excluding tert-OH is 1. The number of ether oxygens (including phenoxy) is 1. The van der Waals surface area contributed by atoms with Crippen molar-refractivity contribution in [2.45, 2.75) is 90.8 Å². The minimum atomic E-state index is 0.142. The molecule has 0 aromatic heterocycles. The second-order valence-electron chi connectivity index (χ2n) is 10.9. The zero-order valence-corrected chi connectivity index (χ0v) is 18.0. The molecule has 0 bridgehead atoms. The third-order valence-corrected chi connectivity index (χ3v) is 9.21. The molecule has 27 heavy (non-hydrogen) atoms. The number of epoxide rings is 1. The summed E-state index contributed by atoms with van der Waals surface area (Å²) in [6.07, 6.45) is 13.0. The first-order valence-corrected chi connectivity index (χ1v) is 11.4. The predicted molar refractivity (Wildman–Crippen MR) is 111 cm³/mol. The van der Waals surface area contributed by atoms with E-state index in [0.717, 1.165) is 35.7 Å². The lowest BCUT2D eigenvalue weighted by molar-refractivity contribution is 0.0918. The second-order valence-corrected chi connectivity index (χ2v) is 10.9. The molecule has 0 radical (unpaired) electrons. The summed E-state index contributed by atoms with van der Waals surface area (Å²) in [5, 5.41) is 9.22. The van der Waals surface area contributed by atoms with Crippen LogP contribution in [0.5, 0.6) is 0 Å². The van der Waals surface area contributed by atoms with Crippen LogP contribution >= 0.6 is 0 Å². The average molecular weight is 373 g/mol. The van der Waals surface area contributed by atoms with E-state index in [1.54, 1.807) is 0 Å². The van der Waals surface area contributed by atoms with Crippen LogP contribution in [0.3, 0.4) is 0 Å². The summed E-state index contributed by atoms with van der Waals surface area (Å²) in [7, 11) is 0. The fourth-order valence-electron chi connectivity index (χ4n) is 7.26. The van der Waals surface area contributed by atoms with Crippen molar-refractivity contribution < 1.29 is 9.84 Å². The Bertz CT molecular complexity index is 622. The Morgan fingerprint density at radius 2 is 2.11 bits per heavy atom. The molecule has 2 heteroatoms. The number of allylic oxidation sites excluding steroid dienone is 2. The van der Waals surface area contributed by atoms with E-state index < -0.39 is 0 Å². The molecule has 4 aliphatic rings. The highest BCUT2D eigenvalue weighted by molar-refractivity contribution is 5.21.